The van der Waals surface area contributed by atoms with Crippen LogP contribution in [0.1, 0.15) is 155 Å². The predicted molar refractivity (Wildman–Crippen MR) is 187 cm³/mol. The summed E-state index contributed by atoms with van der Waals surface area (Å²) in [6.07, 6.45) is 44.1. The highest BCUT2D eigenvalue weighted by molar-refractivity contribution is 5.70. The van der Waals surface area contributed by atoms with Crippen molar-refractivity contribution in [2.45, 2.75) is 161 Å². The van der Waals surface area contributed by atoms with Crippen molar-refractivity contribution in [1.82, 2.24) is 0 Å². The lowest BCUT2D eigenvalue weighted by Crippen LogP contribution is -2.28. The Hall–Kier alpha value is -2.40. The van der Waals surface area contributed by atoms with Gasteiger partial charge in [0.05, 0.1) is 6.61 Å². The van der Waals surface area contributed by atoms with E-state index in [1.807, 2.05) is 0 Å². The van der Waals surface area contributed by atoms with Gasteiger partial charge in [0.25, 0.3) is 0 Å². The molecule has 0 aliphatic carbocycles. The third kappa shape index (κ3) is 32.5. The Morgan fingerprint density at radius 1 is 0.545 bits per heavy atom. The van der Waals surface area contributed by atoms with E-state index in [0.717, 1.165) is 83.5 Å². The van der Waals surface area contributed by atoms with Gasteiger partial charge in [0.15, 0.2) is 6.10 Å². The molecule has 0 saturated carbocycles. The molecule has 5 heteroatoms. The molecule has 0 aromatic rings. The molecule has 0 rings (SSSR count). The lowest BCUT2D eigenvalue weighted by molar-refractivity contribution is -0.161. The molecule has 0 saturated heterocycles. The minimum Gasteiger partial charge on any atom is -0.462 e. The second kappa shape index (κ2) is 35.1. The number of allylic oxidation sites excluding steroid dienone is 10. The molecule has 0 bridgehead atoms. The van der Waals surface area contributed by atoms with Crippen LogP contribution in [0, 0.1) is 0 Å². The molecule has 44 heavy (non-hydrogen) atoms. The first-order valence-electron chi connectivity index (χ1n) is 17.8. The van der Waals surface area contributed by atoms with Crippen LogP contribution in [0.5, 0.6) is 0 Å². The zero-order valence-corrected chi connectivity index (χ0v) is 28.4. The third-order valence-electron chi connectivity index (χ3n) is 7.28. The fourth-order valence-electron chi connectivity index (χ4n) is 4.60. The van der Waals surface area contributed by atoms with E-state index in [0.29, 0.717) is 12.8 Å². The van der Waals surface area contributed by atoms with Crippen molar-refractivity contribution in [3.8, 4) is 0 Å². The average Bonchev–Trinajstić information content (AvgIpc) is 3.02. The maximum atomic E-state index is 12.1. The second-order valence-corrected chi connectivity index (χ2v) is 11.6. The van der Waals surface area contributed by atoms with Gasteiger partial charge in [-0.05, 0) is 70.6 Å². The van der Waals surface area contributed by atoms with Gasteiger partial charge in [-0.15, -0.1) is 0 Å². The molecule has 1 unspecified atom stereocenters. The predicted octanol–water partition coefficient (Wildman–Crippen LogP) is 10.8. The number of hydrogen-bond acceptors (Lipinski definition) is 5. The van der Waals surface area contributed by atoms with Gasteiger partial charge < -0.3 is 14.6 Å². The van der Waals surface area contributed by atoms with Crippen molar-refractivity contribution in [2.75, 3.05) is 13.2 Å². The van der Waals surface area contributed by atoms with Crippen molar-refractivity contribution in [1.29, 1.82) is 0 Å². The lowest BCUT2D eigenvalue weighted by Gasteiger charge is -2.15. The Kier molecular flexibility index (Phi) is 33.2. The molecular weight excluding hydrogens is 548 g/mol. The summed E-state index contributed by atoms with van der Waals surface area (Å²) in [7, 11) is 0. The Bertz CT molecular complexity index is 792. The van der Waals surface area contributed by atoms with Gasteiger partial charge in [0.1, 0.15) is 6.61 Å². The van der Waals surface area contributed by atoms with Crippen LogP contribution in [0.2, 0.25) is 0 Å². The number of rotatable bonds is 31. The smallest absolute Gasteiger partial charge is 0.306 e. The molecule has 0 fully saturated rings. The lowest BCUT2D eigenvalue weighted by atomic mass is 10.1. The summed E-state index contributed by atoms with van der Waals surface area (Å²) in [5.41, 5.74) is 0. The van der Waals surface area contributed by atoms with Crippen LogP contribution in [0.15, 0.2) is 60.8 Å². The zero-order chi connectivity index (χ0) is 32.2. The highest BCUT2D eigenvalue weighted by Gasteiger charge is 2.16. The number of aliphatic hydroxyl groups excluding tert-OH is 1. The summed E-state index contributed by atoms with van der Waals surface area (Å²) in [5, 5.41) is 9.52. The average molecular weight is 615 g/mol. The Morgan fingerprint density at radius 3 is 1.48 bits per heavy atom. The maximum absolute atomic E-state index is 12.1. The first-order chi connectivity index (χ1) is 21.6. The molecule has 0 aromatic heterocycles. The summed E-state index contributed by atoms with van der Waals surface area (Å²) in [6, 6.07) is 0. The fourth-order valence-corrected chi connectivity index (χ4v) is 4.60. The summed E-state index contributed by atoms with van der Waals surface area (Å²) in [6.45, 7) is 3.92. The van der Waals surface area contributed by atoms with E-state index in [-0.39, 0.29) is 25.2 Å². The number of aliphatic hydroxyl groups is 1. The summed E-state index contributed by atoms with van der Waals surface area (Å²) in [5.74, 6) is -0.625. The van der Waals surface area contributed by atoms with Gasteiger partial charge in [-0.2, -0.15) is 0 Å². The van der Waals surface area contributed by atoms with E-state index < -0.39 is 6.10 Å². The first kappa shape index (κ1) is 41.6. The van der Waals surface area contributed by atoms with Crippen molar-refractivity contribution in [3.05, 3.63) is 60.8 Å². The van der Waals surface area contributed by atoms with Crippen LogP contribution in [-0.4, -0.2) is 36.4 Å². The van der Waals surface area contributed by atoms with Crippen molar-refractivity contribution in [2.24, 2.45) is 0 Å². The normalized spacial score (nSPS) is 12.9. The van der Waals surface area contributed by atoms with Crippen LogP contribution in [-0.2, 0) is 19.1 Å². The number of esters is 2. The van der Waals surface area contributed by atoms with Gasteiger partial charge in [-0.1, -0.05) is 132 Å². The zero-order valence-electron chi connectivity index (χ0n) is 28.4. The fraction of sp³-hybridized carbons (Fsp3) is 0.692. The van der Waals surface area contributed by atoms with Gasteiger partial charge in [-0.3, -0.25) is 9.59 Å². The molecule has 252 valence electrons. The number of carbonyl (C=O) groups excluding carboxylic acids is 2. The second-order valence-electron chi connectivity index (χ2n) is 11.6. The molecule has 0 aromatic carbocycles. The summed E-state index contributed by atoms with van der Waals surface area (Å²) < 4.78 is 10.6. The monoisotopic (exact) mass is 614 g/mol. The minimum absolute atomic E-state index is 0.0798. The number of hydrogen-bond donors (Lipinski definition) is 1. The Morgan fingerprint density at radius 2 is 0.977 bits per heavy atom. The van der Waals surface area contributed by atoms with E-state index >= 15 is 0 Å². The molecule has 0 aliphatic heterocycles. The summed E-state index contributed by atoms with van der Waals surface area (Å²) in [4.78, 5) is 24.2. The van der Waals surface area contributed by atoms with Crippen LogP contribution < -0.4 is 0 Å². The van der Waals surface area contributed by atoms with Crippen LogP contribution >= 0.6 is 0 Å². The van der Waals surface area contributed by atoms with Gasteiger partial charge in [0, 0.05) is 12.8 Å². The standard InChI is InChI=1S/C39H66O5/c1-3-5-7-9-11-13-15-17-18-19-20-22-24-26-28-30-32-34-39(42)44-37(35-40)36-43-38(41)33-31-29-27-25-23-21-16-14-12-10-8-6-4-2/h5,7-8,10-11,13-14,16-18,37,40H,3-4,6,9,12,15,19-36H2,1-2H3/b7-5-,10-8-,13-11-,16-14-,18-17-. The molecule has 0 heterocycles. The Balaban J connectivity index is 3.63. The van der Waals surface area contributed by atoms with Gasteiger partial charge in [-0.25, -0.2) is 0 Å². The maximum Gasteiger partial charge on any atom is 0.306 e. The highest BCUT2D eigenvalue weighted by atomic mass is 16.6. The number of carbonyl (C=O) groups is 2. The van der Waals surface area contributed by atoms with Crippen molar-refractivity contribution >= 4 is 11.9 Å². The topological polar surface area (TPSA) is 72.8 Å². The Labute approximate surface area is 271 Å². The highest BCUT2D eigenvalue weighted by Crippen LogP contribution is 2.12. The SMILES string of the molecule is CC/C=C\C/C=C\C/C=C\CCCCCCCCCC(=O)OC(CO)COC(=O)CCCCCCC/C=C\C/C=C\CCC. The van der Waals surface area contributed by atoms with Crippen LogP contribution in [0.25, 0.3) is 0 Å². The number of unbranched alkanes of at least 4 members (excludes halogenated alkanes) is 13. The molecule has 5 nitrogen and oxygen atoms in total. The number of ether oxygens (including phenoxy) is 2. The van der Waals surface area contributed by atoms with Crippen LogP contribution in [0.3, 0.4) is 0 Å². The van der Waals surface area contributed by atoms with E-state index in [9.17, 15) is 14.7 Å². The molecule has 1 atom stereocenters. The minimum atomic E-state index is -0.783. The molecule has 1 N–H and O–H groups in total. The molecule has 0 aliphatic rings. The van der Waals surface area contributed by atoms with Gasteiger partial charge >= 0.3 is 11.9 Å². The van der Waals surface area contributed by atoms with Crippen LogP contribution in [0.4, 0.5) is 0 Å². The van der Waals surface area contributed by atoms with E-state index in [1.54, 1.807) is 0 Å². The van der Waals surface area contributed by atoms with Gasteiger partial charge in [0.2, 0.25) is 0 Å². The molecule has 0 amide bonds. The third-order valence-corrected chi connectivity index (χ3v) is 7.28. The van der Waals surface area contributed by atoms with E-state index in [4.69, 9.17) is 9.47 Å². The quantitative estimate of drug-likeness (QED) is 0.0478. The molecular formula is C39H66O5. The molecule has 0 radical (unpaired) electrons. The first-order valence-corrected chi connectivity index (χ1v) is 17.8. The summed E-state index contributed by atoms with van der Waals surface area (Å²) >= 11 is 0. The largest absolute Gasteiger partial charge is 0.462 e. The van der Waals surface area contributed by atoms with Crippen molar-refractivity contribution in [3.63, 3.8) is 0 Å². The van der Waals surface area contributed by atoms with E-state index in [2.05, 4.69) is 74.6 Å². The molecule has 0 spiro atoms. The van der Waals surface area contributed by atoms with Crippen molar-refractivity contribution < 1.29 is 24.2 Å². The van der Waals surface area contributed by atoms with E-state index in [1.165, 1.54) is 44.9 Å².